The number of aromatic nitrogens is 3. The number of nitrogens with zero attached hydrogens (tertiary/aromatic N) is 7. The number of rotatable bonds is 8. The monoisotopic (exact) mass is 678 g/mol. The third-order valence-electron chi connectivity index (χ3n) is 10.4. The van der Waals surface area contributed by atoms with Gasteiger partial charge in [-0.1, -0.05) is 24.3 Å². The van der Waals surface area contributed by atoms with Gasteiger partial charge in [0.2, 0.25) is 5.70 Å². The lowest BCUT2D eigenvalue weighted by molar-refractivity contribution is -0.142. The second kappa shape index (κ2) is 13.5. The largest absolute Gasteiger partial charge is 0.457 e. The third-order valence-corrected chi connectivity index (χ3v) is 10.4. The number of piperidine rings is 1. The zero-order valence-electron chi connectivity index (χ0n) is 28.8. The second-order valence-corrected chi connectivity index (χ2v) is 14.3. The van der Waals surface area contributed by atoms with E-state index in [1.807, 2.05) is 28.7 Å². The maximum Gasteiger partial charge on any atom is 0.252 e. The molecule has 2 aromatic carbocycles. The van der Waals surface area contributed by atoms with E-state index in [9.17, 15) is 4.79 Å². The molecule has 2 N–H and O–H groups in total. The van der Waals surface area contributed by atoms with Gasteiger partial charge in [0.25, 0.3) is 5.91 Å². The summed E-state index contributed by atoms with van der Waals surface area (Å²) in [5.74, 6) is 0.915. The quantitative estimate of drug-likeness (QED) is 0.190. The first-order chi connectivity index (χ1) is 24.1. The van der Waals surface area contributed by atoms with E-state index >= 15 is 4.39 Å². The molecule has 3 aliphatic rings. The lowest BCUT2D eigenvalue weighted by Crippen LogP contribution is -2.66. The number of para-hydroxylation sites is 1. The number of nitrogen functional groups attached to an aromatic ring is 1. The van der Waals surface area contributed by atoms with Crippen LogP contribution < -0.4 is 10.5 Å². The number of carbonyl (C=O) groups is 1. The molecule has 0 saturated carbocycles. The Kier molecular flexibility index (Phi) is 9.07. The van der Waals surface area contributed by atoms with Crippen LogP contribution in [0, 0.1) is 12.4 Å². The Balaban J connectivity index is 1.11. The minimum Gasteiger partial charge on any atom is -0.457 e. The van der Waals surface area contributed by atoms with Crippen molar-refractivity contribution < 1.29 is 18.7 Å². The number of carbonyl (C=O) groups excluding carboxylic acids is 1. The molecule has 0 radical (unpaired) electrons. The van der Waals surface area contributed by atoms with Crippen molar-refractivity contribution in [2.24, 2.45) is 0 Å². The predicted octanol–water partition coefficient (Wildman–Crippen LogP) is 5.60. The maximum absolute atomic E-state index is 15.7. The summed E-state index contributed by atoms with van der Waals surface area (Å²) in [5, 5.41) is 0. The highest BCUT2D eigenvalue weighted by Crippen LogP contribution is 2.37. The van der Waals surface area contributed by atoms with Crippen LogP contribution in [0.15, 0.2) is 72.7 Å². The Morgan fingerprint density at radius 2 is 1.88 bits per heavy atom. The highest BCUT2D eigenvalue weighted by Gasteiger charge is 2.42. The van der Waals surface area contributed by atoms with Gasteiger partial charge in [0.15, 0.2) is 0 Å². The average Bonchev–Trinajstić information content (AvgIpc) is 3.50. The lowest BCUT2D eigenvalue weighted by atomic mass is 9.94. The zero-order valence-corrected chi connectivity index (χ0v) is 28.8. The molecule has 5 heterocycles. The standard InChI is InChI=1S/C38H43FN8O3/c1-37(2,45-17-19-46(20-18-45)38(3)24-49-25-38)22-31(41-4)36(48)44-15-8-9-26(23-44)35-43-32(33-34(40)42-14-16-47(33)35)29-13-12-28(21-30(29)39)50-27-10-6-5-7-11-27/h5-7,10-14,16,21-22,26H,8-9,15,17-20,23-25H2,1-3H3,(H2,40,42)/b31-22-/t26-/m1/s1. The van der Waals surface area contributed by atoms with Crippen LogP contribution in [0.1, 0.15) is 45.4 Å². The summed E-state index contributed by atoms with van der Waals surface area (Å²) in [4.78, 5) is 33.5. The van der Waals surface area contributed by atoms with Crippen molar-refractivity contribution in [2.75, 3.05) is 58.2 Å². The van der Waals surface area contributed by atoms with E-state index in [1.165, 1.54) is 6.07 Å². The van der Waals surface area contributed by atoms with Gasteiger partial charge in [0.1, 0.15) is 40.2 Å². The molecule has 50 heavy (non-hydrogen) atoms. The number of piperazine rings is 1. The number of imidazole rings is 1. The highest BCUT2D eigenvalue weighted by atomic mass is 19.1. The lowest BCUT2D eigenvalue weighted by Gasteiger charge is -2.52. The molecule has 1 atom stereocenters. The topological polar surface area (TPSA) is 106 Å². The molecule has 7 rings (SSSR count). The Morgan fingerprint density at radius 1 is 1.12 bits per heavy atom. The van der Waals surface area contributed by atoms with Gasteiger partial charge in [-0.05, 0) is 57.9 Å². The fourth-order valence-electron chi connectivity index (χ4n) is 7.44. The van der Waals surface area contributed by atoms with E-state index in [0.717, 1.165) is 52.2 Å². The molecule has 11 nitrogen and oxygen atoms in total. The second-order valence-electron chi connectivity index (χ2n) is 14.3. The summed E-state index contributed by atoms with van der Waals surface area (Å²) in [6.45, 7) is 20.3. The predicted molar refractivity (Wildman–Crippen MR) is 189 cm³/mol. The van der Waals surface area contributed by atoms with Crippen LogP contribution in [0.2, 0.25) is 0 Å². The summed E-state index contributed by atoms with van der Waals surface area (Å²) in [6, 6.07) is 13.9. The summed E-state index contributed by atoms with van der Waals surface area (Å²) >= 11 is 0. The number of nitrogens with two attached hydrogens (primary N) is 1. The number of halogens is 1. The van der Waals surface area contributed by atoms with Crippen LogP contribution in [0.4, 0.5) is 10.2 Å². The molecule has 4 aromatic rings. The molecular formula is C38H43FN8O3. The fourth-order valence-corrected chi connectivity index (χ4v) is 7.44. The number of hydrogen-bond acceptors (Lipinski definition) is 8. The maximum atomic E-state index is 15.7. The number of hydrogen-bond donors (Lipinski definition) is 1. The van der Waals surface area contributed by atoms with Crippen molar-refractivity contribution in [1.82, 2.24) is 29.1 Å². The van der Waals surface area contributed by atoms with Gasteiger partial charge in [-0.3, -0.25) is 19.0 Å². The number of fused-ring (bicyclic) bond motifs is 1. The molecule has 3 saturated heterocycles. The Hall–Kier alpha value is -4.83. The number of amides is 1. The summed E-state index contributed by atoms with van der Waals surface area (Å²) < 4.78 is 28.9. The summed E-state index contributed by atoms with van der Waals surface area (Å²) in [5.41, 5.74) is 7.28. The van der Waals surface area contributed by atoms with Gasteiger partial charge in [0.05, 0.1) is 25.3 Å². The molecule has 260 valence electrons. The molecule has 1 amide bonds. The first-order valence-electron chi connectivity index (χ1n) is 17.2. The molecule has 0 spiro atoms. The summed E-state index contributed by atoms with van der Waals surface area (Å²) in [7, 11) is 0. The molecule has 3 aliphatic heterocycles. The molecule has 12 heteroatoms. The van der Waals surface area contributed by atoms with Gasteiger partial charge < -0.3 is 20.1 Å². The Labute approximate surface area is 291 Å². The van der Waals surface area contributed by atoms with Crippen molar-refractivity contribution >= 4 is 17.2 Å². The summed E-state index contributed by atoms with van der Waals surface area (Å²) in [6.07, 6.45) is 6.71. The van der Waals surface area contributed by atoms with Gasteiger partial charge in [0, 0.05) is 74.7 Å². The molecular weight excluding hydrogens is 635 g/mol. The smallest absolute Gasteiger partial charge is 0.252 e. The average molecular weight is 679 g/mol. The van der Waals surface area contributed by atoms with Crippen molar-refractivity contribution in [1.29, 1.82) is 0 Å². The Morgan fingerprint density at radius 3 is 2.56 bits per heavy atom. The van der Waals surface area contributed by atoms with Crippen LogP contribution >= 0.6 is 0 Å². The minimum absolute atomic E-state index is 0.105. The van der Waals surface area contributed by atoms with Gasteiger partial charge >= 0.3 is 0 Å². The van der Waals surface area contributed by atoms with Crippen LogP contribution in [0.25, 0.3) is 21.6 Å². The van der Waals surface area contributed by atoms with Crippen LogP contribution in [0.3, 0.4) is 0 Å². The van der Waals surface area contributed by atoms with Gasteiger partial charge in [-0.15, -0.1) is 0 Å². The van der Waals surface area contributed by atoms with E-state index in [1.54, 1.807) is 41.6 Å². The fraction of sp³-hybridized carbons (Fsp3) is 0.421. The van der Waals surface area contributed by atoms with E-state index < -0.39 is 11.4 Å². The van der Waals surface area contributed by atoms with Crippen molar-refractivity contribution in [3.05, 3.63) is 95.8 Å². The van der Waals surface area contributed by atoms with Crippen molar-refractivity contribution in [3.8, 4) is 22.8 Å². The van der Waals surface area contributed by atoms with Gasteiger partial charge in [-0.2, -0.15) is 0 Å². The van der Waals surface area contributed by atoms with Gasteiger partial charge in [-0.25, -0.2) is 19.2 Å². The molecule has 0 aliphatic carbocycles. The molecule has 0 bridgehead atoms. The molecule has 0 unspecified atom stereocenters. The number of ether oxygens (including phenoxy) is 2. The van der Waals surface area contributed by atoms with E-state index in [4.69, 9.17) is 26.8 Å². The van der Waals surface area contributed by atoms with E-state index in [-0.39, 0.29) is 34.4 Å². The van der Waals surface area contributed by atoms with Crippen LogP contribution in [-0.4, -0.2) is 98.5 Å². The highest BCUT2D eigenvalue weighted by molar-refractivity contribution is 5.95. The Bertz CT molecular complexity index is 1960. The third kappa shape index (κ3) is 6.44. The van der Waals surface area contributed by atoms with Crippen molar-refractivity contribution in [2.45, 2.75) is 50.6 Å². The molecule has 3 fully saturated rings. The van der Waals surface area contributed by atoms with E-state index in [2.05, 4.69) is 40.4 Å². The van der Waals surface area contributed by atoms with Crippen LogP contribution in [-0.2, 0) is 9.53 Å². The number of likely N-dealkylation sites (tertiary alicyclic amines) is 1. The normalized spacial score (nSPS) is 20.3. The minimum atomic E-state index is -0.504. The molecule has 2 aromatic heterocycles. The van der Waals surface area contributed by atoms with Crippen molar-refractivity contribution in [3.63, 3.8) is 0 Å². The zero-order chi connectivity index (χ0) is 35.0. The first kappa shape index (κ1) is 33.7. The van der Waals surface area contributed by atoms with Crippen LogP contribution in [0.5, 0.6) is 11.5 Å². The SMILES string of the molecule is [C-]#[N+]/C(=C\C(C)(C)N1CCN(C2(C)COC2)CC1)C(=O)N1CCC[C@@H](c2nc(-c3ccc(Oc4ccccc4)cc3F)c3c(N)nccn23)C1. The van der Waals surface area contributed by atoms with E-state index in [0.29, 0.717) is 41.6 Å². The number of benzene rings is 2. The first-order valence-corrected chi connectivity index (χ1v) is 17.2. The number of anilines is 1.